The van der Waals surface area contributed by atoms with Gasteiger partial charge < -0.3 is 9.64 Å². The highest BCUT2D eigenvalue weighted by Gasteiger charge is 2.30. The highest BCUT2D eigenvalue weighted by Crippen LogP contribution is 2.30. The lowest BCUT2D eigenvalue weighted by atomic mass is 10.3. The first-order valence-electron chi connectivity index (χ1n) is 6.56. The van der Waals surface area contributed by atoms with Gasteiger partial charge in [0, 0.05) is 30.7 Å². The first-order valence-corrected chi connectivity index (χ1v) is 8.79. The number of sulfonamides is 1. The number of nitrogens with zero attached hydrogens (tertiary/aromatic N) is 2. The summed E-state index contributed by atoms with van der Waals surface area (Å²) in [6, 6.07) is 5.03. The van der Waals surface area contributed by atoms with E-state index in [1.165, 1.54) is 4.31 Å². The first-order chi connectivity index (χ1) is 9.45. The molecule has 0 amide bonds. The molecular formula is C13H19BrN2O3S. The number of ether oxygens (including phenoxy) is 1. The average Bonchev–Trinajstić information content (AvgIpc) is 2.39. The fourth-order valence-corrected chi connectivity index (χ4v) is 4.01. The first kappa shape index (κ1) is 15.8. The van der Waals surface area contributed by atoms with Crippen LogP contribution in [0.5, 0.6) is 5.75 Å². The molecule has 0 saturated carbocycles. The van der Waals surface area contributed by atoms with Gasteiger partial charge in [0.2, 0.25) is 10.0 Å². The van der Waals surface area contributed by atoms with E-state index >= 15 is 0 Å². The number of benzene rings is 1. The number of likely N-dealkylation sites (N-methyl/N-ethyl adjacent to an activating group) is 1. The van der Waals surface area contributed by atoms with E-state index in [1.807, 2.05) is 14.0 Å². The van der Waals surface area contributed by atoms with Gasteiger partial charge >= 0.3 is 0 Å². The molecule has 2 rings (SSSR count). The molecule has 0 spiro atoms. The summed E-state index contributed by atoms with van der Waals surface area (Å²) < 4.78 is 33.2. The Labute approximate surface area is 128 Å². The molecule has 0 atom stereocenters. The van der Waals surface area contributed by atoms with Crippen molar-refractivity contribution in [3.8, 4) is 5.75 Å². The van der Waals surface area contributed by atoms with Crippen LogP contribution in [0, 0.1) is 0 Å². The lowest BCUT2D eigenvalue weighted by molar-refractivity contribution is 0.222. The summed E-state index contributed by atoms with van der Waals surface area (Å²) in [5, 5.41) is 0. The minimum absolute atomic E-state index is 0.243. The number of hydrogen-bond donors (Lipinski definition) is 0. The standard InChI is InChI=1S/C13H19BrN2O3S/c1-3-19-12-10-11(14)4-5-13(12)20(17,18)16-8-6-15(2)7-9-16/h4-5,10H,3,6-9H2,1-2H3. The quantitative estimate of drug-likeness (QED) is 0.819. The molecule has 1 saturated heterocycles. The molecule has 1 aliphatic rings. The lowest BCUT2D eigenvalue weighted by Gasteiger charge is -2.31. The van der Waals surface area contributed by atoms with E-state index in [0.29, 0.717) is 25.4 Å². The molecule has 0 radical (unpaired) electrons. The Morgan fingerprint density at radius 3 is 2.50 bits per heavy atom. The zero-order chi connectivity index (χ0) is 14.8. The van der Waals surface area contributed by atoms with E-state index in [2.05, 4.69) is 20.8 Å². The van der Waals surface area contributed by atoms with Crippen molar-refractivity contribution >= 4 is 26.0 Å². The third-order valence-electron chi connectivity index (χ3n) is 3.29. The van der Waals surface area contributed by atoms with E-state index in [-0.39, 0.29) is 4.90 Å². The summed E-state index contributed by atoms with van der Waals surface area (Å²) in [4.78, 5) is 2.36. The summed E-state index contributed by atoms with van der Waals surface area (Å²) in [5.41, 5.74) is 0. The molecular weight excluding hydrogens is 344 g/mol. The average molecular weight is 363 g/mol. The van der Waals surface area contributed by atoms with Gasteiger partial charge in [-0.3, -0.25) is 0 Å². The maximum Gasteiger partial charge on any atom is 0.246 e. The zero-order valence-corrected chi connectivity index (χ0v) is 14.1. The Bertz CT molecular complexity index is 569. The van der Waals surface area contributed by atoms with Crippen LogP contribution in [-0.4, -0.2) is 57.5 Å². The van der Waals surface area contributed by atoms with Crippen LogP contribution in [-0.2, 0) is 10.0 Å². The topological polar surface area (TPSA) is 49.9 Å². The molecule has 0 aromatic heterocycles. The number of hydrogen-bond acceptors (Lipinski definition) is 4. The highest BCUT2D eigenvalue weighted by atomic mass is 79.9. The molecule has 7 heteroatoms. The summed E-state index contributed by atoms with van der Waals surface area (Å²) in [7, 11) is -1.50. The number of piperazine rings is 1. The molecule has 1 aromatic carbocycles. The van der Waals surface area contributed by atoms with Crippen LogP contribution in [0.4, 0.5) is 0 Å². The predicted molar refractivity (Wildman–Crippen MR) is 81.6 cm³/mol. The highest BCUT2D eigenvalue weighted by molar-refractivity contribution is 9.10. The molecule has 1 fully saturated rings. The van der Waals surface area contributed by atoms with Crippen LogP contribution < -0.4 is 4.74 Å². The normalized spacial score (nSPS) is 18.1. The Morgan fingerprint density at radius 1 is 1.25 bits per heavy atom. The summed E-state index contributed by atoms with van der Waals surface area (Å²) in [6.45, 7) is 4.80. The van der Waals surface area contributed by atoms with Gasteiger partial charge in [0.25, 0.3) is 0 Å². The molecule has 1 heterocycles. The van der Waals surface area contributed by atoms with Gasteiger partial charge in [0.05, 0.1) is 6.61 Å². The fourth-order valence-electron chi connectivity index (χ4n) is 2.13. The Morgan fingerprint density at radius 2 is 1.90 bits per heavy atom. The van der Waals surface area contributed by atoms with E-state index in [9.17, 15) is 8.42 Å². The molecule has 1 aromatic rings. The van der Waals surface area contributed by atoms with E-state index in [1.54, 1.807) is 18.2 Å². The fraction of sp³-hybridized carbons (Fsp3) is 0.538. The van der Waals surface area contributed by atoms with Crippen LogP contribution in [0.15, 0.2) is 27.6 Å². The Kier molecular flexibility index (Phi) is 5.06. The molecule has 5 nitrogen and oxygen atoms in total. The maximum atomic E-state index is 12.7. The van der Waals surface area contributed by atoms with Gasteiger partial charge in [0.15, 0.2) is 0 Å². The van der Waals surface area contributed by atoms with Crippen molar-refractivity contribution in [2.24, 2.45) is 0 Å². The molecule has 112 valence electrons. The van der Waals surface area contributed by atoms with E-state index in [0.717, 1.165) is 17.6 Å². The van der Waals surface area contributed by atoms with Gasteiger partial charge in [-0.05, 0) is 32.2 Å². The monoisotopic (exact) mass is 362 g/mol. The van der Waals surface area contributed by atoms with Crippen molar-refractivity contribution < 1.29 is 13.2 Å². The smallest absolute Gasteiger partial charge is 0.246 e. The van der Waals surface area contributed by atoms with Gasteiger partial charge in [0.1, 0.15) is 10.6 Å². The minimum Gasteiger partial charge on any atom is -0.492 e. The van der Waals surface area contributed by atoms with Crippen LogP contribution in [0.1, 0.15) is 6.92 Å². The largest absolute Gasteiger partial charge is 0.492 e. The van der Waals surface area contributed by atoms with Crippen LogP contribution >= 0.6 is 15.9 Å². The third kappa shape index (κ3) is 3.33. The van der Waals surface area contributed by atoms with Crippen LogP contribution in [0.25, 0.3) is 0 Å². The Hall–Kier alpha value is -0.630. The number of halogens is 1. The molecule has 1 aliphatic heterocycles. The van der Waals surface area contributed by atoms with E-state index in [4.69, 9.17) is 4.74 Å². The molecule has 0 bridgehead atoms. The van der Waals surface area contributed by atoms with Crippen molar-refractivity contribution in [2.45, 2.75) is 11.8 Å². The summed E-state index contributed by atoms with van der Waals surface area (Å²) in [6.07, 6.45) is 0. The van der Waals surface area contributed by atoms with Gasteiger partial charge in [-0.2, -0.15) is 4.31 Å². The molecule has 0 N–H and O–H groups in total. The molecule has 20 heavy (non-hydrogen) atoms. The van der Waals surface area contributed by atoms with Gasteiger partial charge in [-0.15, -0.1) is 0 Å². The second kappa shape index (κ2) is 6.43. The molecule has 0 unspecified atom stereocenters. The second-order valence-electron chi connectivity index (χ2n) is 4.73. The van der Waals surface area contributed by atoms with Gasteiger partial charge in [-0.1, -0.05) is 15.9 Å². The lowest BCUT2D eigenvalue weighted by Crippen LogP contribution is -2.47. The van der Waals surface area contributed by atoms with Crippen molar-refractivity contribution in [2.75, 3.05) is 39.8 Å². The van der Waals surface area contributed by atoms with Crippen molar-refractivity contribution in [1.29, 1.82) is 0 Å². The summed E-state index contributed by atoms with van der Waals surface area (Å²) in [5.74, 6) is 0.404. The minimum atomic E-state index is -3.49. The summed E-state index contributed by atoms with van der Waals surface area (Å²) >= 11 is 3.34. The third-order valence-corrected chi connectivity index (χ3v) is 5.72. The predicted octanol–water partition coefficient (Wildman–Crippen LogP) is 1.78. The van der Waals surface area contributed by atoms with Crippen LogP contribution in [0.2, 0.25) is 0 Å². The van der Waals surface area contributed by atoms with E-state index < -0.39 is 10.0 Å². The maximum absolute atomic E-state index is 12.7. The van der Waals surface area contributed by atoms with Crippen LogP contribution in [0.3, 0.4) is 0 Å². The van der Waals surface area contributed by atoms with Gasteiger partial charge in [-0.25, -0.2) is 8.42 Å². The SMILES string of the molecule is CCOc1cc(Br)ccc1S(=O)(=O)N1CCN(C)CC1. The Balaban J connectivity index is 2.34. The van der Waals surface area contributed by atoms with Crippen molar-refractivity contribution in [3.63, 3.8) is 0 Å². The second-order valence-corrected chi connectivity index (χ2v) is 7.55. The molecule has 0 aliphatic carbocycles. The van der Waals surface area contributed by atoms with Crippen molar-refractivity contribution in [1.82, 2.24) is 9.21 Å². The number of rotatable bonds is 4. The van der Waals surface area contributed by atoms with Crippen molar-refractivity contribution in [3.05, 3.63) is 22.7 Å². The zero-order valence-electron chi connectivity index (χ0n) is 11.7.